The van der Waals surface area contributed by atoms with Gasteiger partial charge in [0.1, 0.15) is 11.4 Å². The van der Waals surface area contributed by atoms with Crippen LogP contribution in [-0.2, 0) is 27.4 Å². The summed E-state index contributed by atoms with van der Waals surface area (Å²) in [5, 5.41) is 0.193. The Morgan fingerprint density at radius 2 is 1.93 bits per heavy atom. The molecule has 0 saturated carbocycles. The van der Waals surface area contributed by atoms with E-state index >= 15 is 0 Å². The van der Waals surface area contributed by atoms with Gasteiger partial charge >= 0.3 is 11.9 Å². The van der Waals surface area contributed by atoms with Gasteiger partial charge < -0.3 is 4.42 Å². The fourth-order valence-electron chi connectivity index (χ4n) is 4.99. The number of fused-ring (bicyclic) bond motifs is 1. The van der Waals surface area contributed by atoms with Crippen LogP contribution >= 0.6 is 0 Å². The van der Waals surface area contributed by atoms with E-state index in [1.165, 1.54) is 24.5 Å². The van der Waals surface area contributed by atoms with Crippen LogP contribution in [0.3, 0.4) is 0 Å². The van der Waals surface area contributed by atoms with Crippen molar-refractivity contribution in [2.75, 3.05) is 6.54 Å². The van der Waals surface area contributed by atoms with Crippen molar-refractivity contribution in [1.82, 2.24) is 23.4 Å². The average molecular weight is 606 g/mol. The molecular formula is C27H26F3N5O6S. The Kier molecular flexibility index (Phi) is 7.66. The van der Waals surface area contributed by atoms with Gasteiger partial charge in [0.05, 0.1) is 11.6 Å². The first-order chi connectivity index (χ1) is 19.8. The Hall–Kier alpha value is -4.11. The third kappa shape index (κ3) is 5.41. The summed E-state index contributed by atoms with van der Waals surface area (Å²) in [6.07, 6.45) is 0.442. The molecular weight excluding hydrogens is 579 g/mol. The van der Waals surface area contributed by atoms with Gasteiger partial charge in [-0.05, 0) is 51.3 Å². The minimum atomic E-state index is -4.62. The monoisotopic (exact) mass is 605 g/mol. The highest BCUT2D eigenvalue weighted by Gasteiger charge is 2.40. The second-order valence-corrected chi connectivity index (χ2v) is 12.0. The van der Waals surface area contributed by atoms with Crippen molar-refractivity contribution < 1.29 is 30.8 Å². The van der Waals surface area contributed by atoms with Gasteiger partial charge in [0.15, 0.2) is 5.78 Å². The minimum Gasteiger partial charge on any atom is -0.443 e. The number of pyridine rings is 2. The largest absolute Gasteiger partial charge is 0.443 e. The summed E-state index contributed by atoms with van der Waals surface area (Å²) in [5.41, 5.74) is -2.07. The van der Waals surface area contributed by atoms with Crippen molar-refractivity contribution in [2.45, 2.75) is 62.9 Å². The van der Waals surface area contributed by atoms with Crippen molar-refractivity contribution in [3.05, 3.63) is 81.0 Å². The minimum absolute atomic E-state index is 0.0514. The molecule has 11 nitrogen and oxygen atoms in total. The zero-order valence-corrected chi connectivity index (χ0v) is 23.4. The number of alkyl halides is 3. The number of aryl methyl sites for hydroxylation is 1. The predicted molar refractivity (Wildman–Crippen MR) is 144 cm³/mol. The number of Topliss-reactive ketones (excluding diaryl/α,β-unsaturated/α-hetero) is 1. The van der Waals surface area contributed by atoms with Gasteiger partial charge in [0.2, 0.25) is 5.09 Å². The van der Waals surface area contributed by atoms with Crippen LogP contribution < -0.4 is 11.2 Å². The van der Waals surface area contributed by atoms with E-state index in [1.807, 2.05) is 0 Å². The van der Waals surface area contributed by atoms with E-state index in [-0.39, 0.29) is 42.3 Å². The number of rotatable bonds is 8. The zero-order chi connectivity index (χ0) is 30.4. The molecule has 1 fully saturated rings. The summed E-state index contributed by atoms with van der Waals surface area (Å²) in [7, 11) is -4.15. The third-order valence-corrected chi connectivity index (χ3v) is 8.87. The molecule has 1 saturated heterocycles. The summed E-state index contributed by atoms with van der Waals surface area (Å²) >= 11 is 0. The molecule has 4 aromatic heterocycles. The molecule has 0 N–H and O–H groups in total. The van der Waals surface area contributed by atoms with Crippen molar-refractivity contribution in [1.29, 1.82) is 0 Å². The highest BCUT2D eigenvalue weighted by molar-refractivity contribution is 7.89. The number of furan rings is 1. The van der Waals surface area contributed by atoms with E-state index in [0.717, 1.165) is 31.8 Å². The Labute approximate surface area is 237 Å². The number of nitrogens with zero attached hydrogens (tertiary/aromatic N) is 5. The summed E-state index contributed by atoms with van der Waals surface area (Å²) in [4.78, 5) is 47.3. The lowest BCUT2D eigenvalue weighted by Gasteiger charge is -2.22. The molecule has 222 valence electrons. The van der Waals surface area contributed by atoms with Gasteiger partial charge in [0.25, 0.3) is 15.6 Å². The number of hydrogen-bond donors (Lipinski definition) is 0. The van der Waals surface area contributed by atoms with E-state index in [0.29, 0.717) is 23.6 Å². The summed E-state index contributed by atoms with van der Waals surface area (Å²) < 4.78 is 74.3. The van der Waals surface area contributed by atoms with Gasteiger partial charge in [-0.15, -0.1) is 0 Å². The SMILES string of the molecule is CC(C)n1c(=O)c(CCC(=O)[C@@H]2CCCN2S(=O)(=O)c2cc3cnccc3o2)cn(-c2ccc(C(F)(F)F)cn2)c1=O. The molecule has 1 aliphatic heterocycles. The standard InChI is InChI=1S/C27H26F3N5O6S/c1-16(2)35-25(37)17(15-33(26(35)38)23-8-6-19(14-32-23)27(28,29)30)5-7-21(36)20-4-3-11-34(20)42(39,40)24-12-18-13-31-10-9-22(18)41-24/h6,8-10,12-16,20H,3-5,7,11H2,1-2H3/t20-/m0/s1. The number of halogens is 3. The molecule has 15 heteroatoms. The zero-order valence-electron chi connectivity index (χ0n) is 22.5. The molecule has 0 radical (unpaired) electrons. The fourth-order valence-corrected chi connectivity index (χ4v) is 6.62. The van der Waals surface area contributed by atoms with Crippen molar-refractivity contribution in [2.24, 2.45) is 0 Å². The number of hydrogen-bond acceptors (Lipinski definition) is 8. The molecule has 1 atom stereocenters. The first-order valence-corrected chi connectivity index (χ1v) is 14.5. The Morgan fingerprint density at radius 1 is 1.17 bits per heavy atom. The van der Waals surface area contributed by atoms with E-state index in [2.05, 4.69) is 9.97 Å². The second kappa shape index (κ2) is 10.9. The summed E-state index contributed by atoms with van der Waals surface area (Å²) in [6, 6.07) is 3.10. The van der Waals surface area contributed by atoms with E-state index in [9.17, 15) is 36.0 Å². The highest BCUT2D eigenvalue weighted by Crippen LogP contribution is 2.31. The lowest BCUT2D eigenvalue weighted by Crippen LogP contribution is -2.43. The van der Waals surface area contributed by atoms with Crippen molar-refractivity contribution in [3.8, 4) is 5.82 Å². The molecule has 0 spiro atoms. The van der Waals surface area contributed by atoms with Crippen LogP contribution in [0.15, 0.2) is 68.2 Å². The first kappa shape index (κ1) is 29.4. The molecule has 0 unspecified atom stereocenters. The van der Waals surface area contributed by atoms with Gasteiger partial charge in [-0.1, -0.05) is 0 Å². The van der Waals surface area contributed by atoms with Crippen LogP contribution in [0.2, 0.25) is 0 Å². The quantitative estimate of drug-likeness (QED) is 0.298. The molecule has 0 aliphatic carbocycles. The van der Waals surface area contributed by atoms with Crippen LogP contribution in [0.5, 0.6) is 0 Å². The third-order valence-electron chi connectivity index (χ3n) is 7.10. The Balaban J connectivity index is 1.41. The molecule has 5 rings (SSSR count). The number of carbonyl (C=O) groups excluding carboxylic acids is 1. The van der Waals surface area contributed by atoms with Crippen LogP contribution in [0.4, 0.5) is 13.2 Å². The van der Waals surface area contributed by atoms with Crippen molar-refractivity contribution in [3.63, 3.8) is 0 Å². The van der Waals surface area contributed by atoms with Gasteiger partial charge in [0, 0.05) is 60.8 Å². The van der Waals surface area contributed by atoms with Gasteiger partial charge in [-0.25, -0.2) is 18.2 Å². The number of carbonyl (C=O) groups is 1. The molecule has 0 amide bonds. The highest BCUT2D eigenvalue weighted by atomic mass is 32.2. The number of aromatic nitrogens is 4. The maximum atomic E-state index is 13.4. The lowest BCUT2D eigenvalue weighted by molar-refractivity contribution is -0.137. The Morgan fingerprint density at radius 3 is 2.57 bits per heavy atom. The fraction of sp³-hybridized carbons (Fsp3) is 0.370. The van der Waals surface area contributed by atoms with E-state index in [1.54, 1.807) is 13.8 Å². The van der Waals surface area contributed by atoms with Crippen LogP contribution in [-0.4, -0.2) is 50.2 Å². The predicted octanol–water partition coefficient (Wildman–Crippen LogP) is 3.49. The maximum Gasteiger partial charge on any atom is 0.417 e. The molecule has 4 aromatic rings. The van der Waals surface area contributed by atoms with E-state index < -0.39 is 50.9 Å². The molecule has 42 heavy (non-hydrogen) atoms. The maximum absolute atomic E-state index is 13.4. The summed E-state index contributed by atoms with van der Waals surface area (Å²) in [6.45, 7) is 3.30. The molecule has 0 bridgehead atoms. The van der Waals surface area contributed by atoms with Gasteiger partial charge in [-0.3, -0.25) is 23.7 Å². The van der Waals surface area contributed by atoms with Crippen LogP contribution in [0, 0.1) is 0 Å². The van der Waals surface area contributed by atoms with Crippen LogP contribution in [0.25, 0.3) is 16.8 Å². The topological polar surface area (TPSA) is 137 Å². The van der Waals surface area contributed by atoms with Gasteiger partial charge in [-0.2, -0.15) is 17.5 Å². The second-order valence-electron chi connectivity index (χ2n) is 10.2. The van der Waals surface area contributed by atoms with E-state index in [4.69, 9.17) is 4.42 Å². The lowest BCUT2D eigenvalue weighted by atomic mass is 10.0. The number of sulfonamides is 1. The van der Waals surface area contributed by atoms with Crippen molar-refractivity contribution >= 4 is 26.8 Å². The smallest absolute Gasteiger partial charge is 0.417 e. The summed E-state index contributed by atoms with van der Waals surface area (Å²) in [5.74, 6) is -0.557. The molecule has 5 heterocycles. The first-order valence-electron chi connectivity index (χ1n) is 13.1. The average Bonchev–Trinajstić information content (AvgIpc) is 3.61. The molecule has 1 aliphatic rings. The van der Waals surface area contributed by atoms with Crippen LogP contribution in [0.1, 0.15) is 50.3 Å². The normalized spacial score (nSPS) is 16.5. The molecule has 0 aromatic carbocycles. The Bertz CT molecular complexity index is 1840. The number of ketones is 1.